The topological polar surface area (TPSA) is 61.4 Å². The molecule has 0 unspecified atom stereocenters. The van der Waals surface area contributed by atoms with E-state index in [1.807, 2.05) is 48.3 Å². The van der Waals surface area contributed by atoms with Gasteiger partial charge in [0.05, 0.1) is 17.8 Å². The SMILES string of the molecule is CN(CC(=O)Nc1ccccc1C(=O)NC1CCCC1)Cc1cccc(Cl)c1. The van der Waals surface area contributed by atoms with Gasteiger partial charge in [-0.2, -0.15) is 0 Å². The van der Waals surface area contributed by atoms with Gasteiger partial charge in [-0.05, 0) is 49.7 Å². The summed E-state index contributed by atoms with van der Waals surface area (Å²) < 4.78 is 0. The number of carbonyl (C=O) groups is 2. The Balaban J connectivity index is 1.58. The van der Waals surface area contributed by atoms with Crippen LogP contribution >= 0.6 is 11.6 Å². The Bertz CT molecular complexity index is 834. The Morgan fingerprint density at radius 3 is 2.61 bits per heavy atom. The molecule has 0 heterocycles. The minimum absolute atomic E-state index is 0.130. The molecule has 3 rings (SSSR count). The van der Waals surface area contributed by atoms with Crippen molar-refractivity contribution in [2.24, 2.45) is 0 Å². The van der Waals surface area contributed by atoms with Gasteiger partial charge < -0.3 is 10.6 Å². The van der Waals surface area contributed by atoms with Gasteiger partial charge in [0.2, 0.25) is 5.91 Å². The van der Waals surface area contributed by atoms with Crippen molar-refractivity contribution in [3.8, 4) is 0 Å². The van der Waals surface area contributed by atoms with Crippen molar-refractivity contribution in [2.75, 3.05) is 18.9 Å². The molecule has 6 heteroatoms. The fourth-order valence-corrected chi connectivity index (χ4v) is 3.77. The van der Waals surface area contributed by atoms with Crippen molar-refractivity contribution in [1.82, 2.24) is 10.2 Å². The van der Waals surface area contributed by atoms with Gasteiger partial charge in [0.25, 0.3) is 5.91 Å². The second-order valence-electron chi connectivity index (χ2n) is 7.35. The van der Waals surface area contributed by atoms with E-state index in [-0.39, 0.29) is 24.4 Å². The second-order valence-corrected chi connectivity index (χ2v) is 7.79. The minimum atomic E-state index is -0.161. The molecular weight excluding hydrogens is 374 g/mol. The lowest BCUT2D eigenvalue weighted by Gasteiger charge is -2.18. The van der Waals surface area contributed by atoms with Crippen LogP contribution in [0.15, 0.2) is 48.5 Å². The van der Waals surface area contributed by atoms with Crippen molar-refractivity contribution in [3.63, 3.8) is 0 Å². The molecule has 0 spiro atoms. The highest BCUT2D eigenvalue weighted by atomic mass is 35.5. The summed E-state index contributed by atoms with van der Waals surface area (Å²) in [5.74, 6) is -0.291. The molecule has 0 atom stereocenters. The van der Waals surface area contributed by atoms with Crippen molar-refractivity contribution in [1.29, 1.82) is 0 Å². The van der Waals surface area contributed by atoms with E-state index in [2.05, 4.69) is 10.6 Å². The molecule has 28 heavy (non-hydrogen) atoms. The zero-order chi connectivity index (χ0) is 19.9. The van der Waals surface area contributed by atoms with Crippen LogP contribution in [0, 0.1) is 0 Å². The molecule has 1 aliphatic carbocycles. The maximum atomic E-state index is 12.6. The zero-order valence-electron chi connectivity index (χ0n) is 16.1. The normalized spacial score (nSPS) is 14.2. The van der Waals surface area contributed by atoms with E-state index in [1.54, 1.807) is 12.1 Å². The smallest absolute Gasteiger partial charge is 0.253 e. The average Bonchev–Trinajstić information content (AvgIpc) is 3.14. The first-order chi connectivity index (χ1) is 13.5. The molecular formula is C22H26ClN3O2. The first kappa shape index (κ1) is 20.4. The van der Waals surface area contributed by atoms with Gasteiger partial charge in [-0.15, -0.1) is 0 Å². The predicted molar refractivity (Wildman–Crippen MR) is 113 cm³/mol. The van der Waals surface area contributed by atoms with Gasteiger partial charge in [0.1, 0.15) is 0 Å². The van der Waals surface area contributed by atoms with Crippen molar-refractivity contribution >= 4 is 29.1 Å². The molecule has 1 fully saturated rings. The number of benzene rings is 2. The van der Waals surface area contributed by atoms with Crippen LogP contribution in [-0.4, -0.2) is 36.3 Å². The van der Waals surface area contributed by atoms with Gasteiger partial charge in [-0.1, -0.05) is 48.7 Å². The number of nitrogens with zero attached hydrogens (tertiary/aromatic N) is 1. The zero-order valence-corrected chi connectivity index (χ0v) is 16.8. The summed E-state index contributed by atoms with van der Waals surface area (Å²) in [6.07, 6.45) is 4.35. The quantitative estimate of drug-likeness (QED) is 0.737. The van der Waals surface area contributed by atoms with Crippen LogP contribution in [0.1, 0.15) is 41.6 Å². The van der Waals surface area contributed by atoms with Crippen LogP contribution in [-0.2, 0) is 11.3 Å². The number of carbonyl (C=O) groups excluding carboxylic acids is 2. The fraction of sp³-hybridized carbons (Fsp3) is 0.364. The molecule has 0 aliphatic heterocycles. The van der Waals surface area contributed by atoms with E-state index >= 15 is 0 Å². The van der Waals surface area contributed by atoms with E-state index in [4.69, 9.17) is 11.6 Å². The summed E-state index contributed by atoms with van der Waals surface area (Å²) in [5, 5.41) is 6.63. The highest BCUT2D eigenvalue weighted by Gasteiger charge is 2.20. The van der Waals surface area contributed by atoms with Gasteiger partial charge in [-0.3, -0.25) is 14.5 Å². The molecule has 2 aromatic carbocycles. The number of rotatable bonds is 7. The maximum Gasteiger partial charge on any atom is 0.253 e. The van der Waals surface area contributed by atoms with Crippen LogP contribution in [0.2, 0.25) is 5.02 Å². The molecule has 148 valence electrons. The largest absolute Gasteiger partial charge is 0.349 e. The maximum absolute atomic E-state index is 12.6. The van der Waals surface area contributed by atoms with E-state index in [0.29, 0.717) is 22.8 Å². The van der Waals surface area contributed by atoms with E-state index in [9.17, 15) is 9.59 Å². The molecule has 0 saturated heterocycles. The van der Waals surface area contributed by atoms with Gasteiger partial charge in [0, 0.05) is 17.6 Å². The van der Waals surface area contributed by atoms with Gasteiger partial charge >= 0.3 is 0 Å². The third-order valence-corrected chi connectivity index (χ3v) is 5.13. The van der Waals surface area contributed by atoms with Crippen molar-refractivity contribution < 1.29 is 9.59 Å². The summed E-state index contributed by atoms with van der Waals surface area (Å²) in [6.45, 7) is 0.822. The van der Waals surface area contributed by atoms with Crippen LogP contribution in [0.5, 0.6) is 0 Å². The summed E-state index contributed by atoms with van der Waals surface area (Å²) in [6, 6.07) is 15.0. The summed E-state index contributed by atoms with van der Waals surface area (Å²) in [7, 11) is 1.87. The number of para-hydroxylation sites is 1. The Labute approximate surface area is 171 Å². The molecule has 2 aromatic rings. The fourth-order valence-electron chi connectivity index (χ4n) is 3.56. The Kier molecular flexibility index (Phi) is 7.06. The number of hydrogen-bond acceptors (Lipinski definition) is 3. The lowest BCUT2D eigenvalue weighted by atomic mass is 10.1. The number of hydrogen-bond donors (Lipinski definition) is 2. The summed E-state index contributed by atoms with van der Waals surface area (Å²) in [5.41, 5.74) is 2.08. The molecule has 0 radical (unpaired) electrons. The second kappa shape index (κ2) is 9.71. The molecule has 0 bridgehead atoms. The number of halogens is 1. The highest BCUT2D eigenvalue weighted by Crippen LogP contribution is 2.20. The standard InChI is InChI=1S/C22H26ClN3O2/c1-26(14-16-7-6-8-17(23)13-16)15-21(27)25-20-12-5-4-11-19(20)22(28)24-18-9-2-3-10-18/h4-8,11-13,18H,2-3,9-10,14-15H2,1H3,(H,24,28)(H,25,27). The van der Waals surface area contributed by atoms with Crippen LogP contribution in [0.4, 0.5) is 5.69 Å². The first-order valence-electron chi connectivity index (χ1n) is 9.64. The highest BCUT2D eigenvalue weighted by molar-refractivity contribution is 6.30. The number of amides is 2. The van der Waals surface area contributed by atoms with E-state index in [0.717, 1.165) is 31.2 Å². The van der Waals surface area contributed by atoms with Crippen LogP contribution < -0.4 is 10.6 Å². The van der Waals surface area contributed by atoms with Crippen LogP contribution in [0.25, 0.3) is 0 Å². The molecule has 5 nitrogen and oxygen atoms in total. The molecule has 0 aromatic heterocycles. The van der Waals surface area contributed by atoms with Gasteiger partial charge in [0.15, 0.2) is 0 Å². The van der Waals surface area contributed by atoms with Crippen LogP contribution in [0.3, 0.4) is 0 Å². The van der Waals surface area contributed by atoms with Crippen molar-refractivity contribution in [2.45, 2.75) is 38.3 Å². The van der Waals surface area contributed by atoms with Gasteiger partial charge in [-0.25, -0.2) is 0 Å². The Morgan fingerprint density at radius 2 is 1.86 bits per heavy atom. The number of anilines is 1. The minimum Gasteiger partial charge on any atom is -0.349 e. The first-order valence-corrected chi connectivity index (χ1v) is 10.0. The average molecular weight is 400 g/mol. The lowest BCUT2D eigenvalue weighted by molar-refractivity contribution is -0.117. The molecule has 2 amide bonds. The Morgan fingerprint density at radius 1 is 1.11 bits per heavy atom. The summed E-state index contributed by atoms with van der Waals surface area (Å²) in [4.78, 5) is 27.0. The number of likely N-dealkylation sites (N-methyl/N-ethyl adjacent to an activating group) is 1. The van der Waals surface area contributed by atoms with Crippen molar-refractivity contribution in [3.05, 3.63) is 64.7 Å². The molecule has 1 aliphatic rings. The predicted octanol–water partition coefficient (Wildman–Crippen LogP) is 4.08. The van der Waals surface area contributed by atoms with E-state index < -0.39 is 0 Å². The summed E-state index contributed by atoms with van der Waals surface area (Å²) >= 11 is 6.01. The van der Waals surface area contributed by atoms with E-state index in [1.165, 1.54) is 0 Å². The molecule has 2 N–H and O–H groups in total. The molecule has 1 saturated carbocycles. The Hall–Kier alpha value is -2.37. The monoisotopic (exact) mass is 399 g/mol. The lowest BCUT2D eigenvalue weighted by Crippen LogP contribution is -2.34. The third kappa shape index (κ3) is 5.81. The third-order valence-electron chi connectivity index (χ3n) is 4.89. The number of nitrogens with one attached hydrogen (secondary N) is 2.